The summed E-state index contributed by atoms with van der Waals surface area (Å²) >= 11 is 0. The summed E-state index contributed by atoms with van der Waals surface area (Å²) in [5, 5.41) is 3.00. The molecule has 2 aromatic rings. The monoisotopic (exact) mass is 429 g/mol. The first-order valence-corrected chi connectivity index (χ1v) is 11.8. The number of benzene rings is 1. The third-order valence-electron chi connectivity index (χ3n) is 5.77. The number of fused-ring (bicyclic) bond motifs is 2. The number of aromatic nitrogens is 1. The van der Waals surface area contributed by atoms with Gasteiger partial charge < -0.3 is 10.1 Å². The molecule has 1 amide bonds. The number of carbonyl (C=O) groups excluding carboxylic acids is 1. The van der Waals surface area contributed by atoms with E-state index in [-0.39, 0.29) is 35.0 Å². The van der Waals surface area contributed by atoms with E-state index in [9.17, 15) is 13.2 Å². The second kappa shape index (κ2) is 8.35. The Kier molecular flexibility index (Phi) is 5.79. The third-order valence-corrected chi connectivity index (χ3v) is 7.66. The fraction of sp³-hybridized carbons (Fsp3) is 0.455. The van der Waals surface area contributed by atoms with E-state index in [0.717, 1.165) is 12.2 Å². The molecule has 1 aromatic heterocycles. The fourth-order valence-corrected chi connectivity index (χ4v) is 6.39. The lowest BCUT2D eigenvalue weighted by Crippen LogP contribution is -2.51. The molecule has 30 heavy (non-hydrogen) atoms. The second-order valence-electron chi connectivity index (χ2n) is 8.17. The van der Waals surface area contributed by atoms with Gasteiger partial charge in [-0.1, -0.05) is 6.07 Å². The average molecular weight is 430 g/mol. The Morgan fingerprint density at radius 3 is 2.50 bits per heavy atom. The van der Waals surface area contributed by atoms with Crippen LogP contribution in [-0.2, 0) is 14.8 Å². The van der Waals surface area contributed by atoms with Gasteiger partial charge in [-0.25, -0.2) is 13.4 Å². The van der Waals surface area contributed by atoms with E-state index in [0.29, 0.717) is 24.9 Å². The number of amides is 1. The van der Waals surface area contributed by atoms with Crippen molar-refractivity contribution >= 4 is 21.6 Å². The number of rotatable bonds is 6. The highest BCUT2D eigenvalue weighted by Gasteiger charge is 2.50. The van der Waals surface area contributed by atoms with E-state index in [1.54, 1.807) is 28.6 Å². The van der Waals surface area contributed by atoms with Crippen LogP contribution >= 0.6 is 0 Å². The number of carbonyl (C=O) groups is 1. The summed E-state index contributed by atoms with van der Waals surface area (Å²) in [7, 11) is -3.73. The first kappa shape index (κ1) is 20.8. The van der Waals surface area contributed by atoms with Crippen molar-refractivity contribution in [1.82, 2.24) is 9.29 Å². The van der Waals surface area contributed by atoms with E-state index < -0.39 is 10.0 Å². The highest BCUT2D eigenvalue weighted by atomic mass is 32.2. The number of anilines is 1. The predicted octanol–water partition coefficient (Wildman–Crippen LogP) is 3.44. The SMILES string of the molecule is CC(C)Oc1ccc(NC(=O)C2CCC3CCC2N3S(=O)(=O)c2ccccn2)cc1. The number of nitrogens with one attached hydrogen (secondary N) is 1. The average Bonchev–Trinajstić information content (AvgIpc) is 3.04. The Balaban J connectivity index is 1.50. The summed E-state index contributed by atoms with van der Waals surface area (Å²) in [5.41, 5.74) is 0.676. The van der Waals surface area contributed by atoms with Crippen molar-refractivity contribution in [3.63, 3.8) is 0 Å². The minimum absolute atomic E-state index is 0.0451. The molecule has 3 heterocycles. The molecular weight excluding hydrogens is 402 g/mol. The molecule has 0 aliphatic carbocycles. The smallest absolute Gasteiger partial charge is 0.261 e. The molecule has 2 aliphatic heterocycles. The van der Waals surface area contributed by atoms with Gasteiger partial charge in [-0.2, -0.15) is 4.31 Å². The maximum atomic E-state index is 13.2. The first-order valence-electron chi connectivity index (χ1n) is 10.4. The lowest BCUT2D eigenvalue weighted by atomic mass is 9.91. The maximum Gasteiger partial charge on any atom is 0.261 e. The van der Waals surface area contributed by atoms with Crippen LogP contribution in [0, 0.1) is 5.92 Å². The van der Waals surface area contributed by atoms with Crippen LogP contribution in [0.2, 0.25) is 0 Å². The minimum atomic E-state index is -3.73. The van der Waals surface area contributed by atoms with Crippen LogP contribution in [0.25, 0.3) is 0 Å². The number of ether oxygens (including phenoxy) is 1. The molecule has 3 atom stereocenters. The summed E-state index contributed by atoms with van der Waals surface area (Å²) in [6.45, 7) is 3.91. The van der Waals surface area contributed by atoms with Crippen molar-refractivity contribution in [1.29, 1.82) is 0 Å². The fourth-order valence-electron chi connectivity index (χ4n) is 4.51. The standard InChI is InChI=1S/C22H27N3O4S/c1-15(2)29-18-10-6-16(7-11-18)24-22(26)19-12-8-17-9-13-20(19)25(17)30(27,28)21-5-3-4-14-23-21/h3-7,10-11,14-15,17,19-20H,8-9,12-13H2,1-2H3,(H,24,26). The molecule has 0 radical (unpaired) electrons. The molecule has 0 saturated carbocycles. The van der Waals surface area contributed by atoms with Gasteiger partial charge in [0.05, 0.1) is 12.0 Å². The molecule has 8 heteroatoms. The van der Waals surface area contributed by atoms with Crippen LogP contribution in [0.15, 0.2) is 53.7 Å². The van der Waals surface area contributed by atoms with E-state index in [4.69, 9.17) is 4.74 Å². The highest BCUT2D eigenvalue weighted by Crippen LogP contribution is 2.42. The van der Waals surface area contributed by atoms with Gasteiger partial charge in [0.15, 0.2) is 5.03 Å². The zero-order chi connectivity index (χ0) is 21.3. The van der Waals surface area contributed by atoms with Crippen LogP contribution in [0.5, 0.6) is 5.75 Å². The van der Waals surface area contributed by atoms with Crippen molar-refractivity contribution in [3.05, 3.63) is 48.7 Å². The molecule has 1 aromatic carbocycles. The van der Waals surface area contributed by atoms with Crippen LogP contribution in [0.1, 0.15) is 39.5 Å². The number of piperidine rings is 1. The normalized spacial score (nSPS) is 24.0. The maximum absolute atomic E-state index is 13.2. The van der Waals surface area contributed by atoms with Crippen molar-refractivity contribution < 1.29 is 17.9 Å². The Bertz CT molecular complexity index is 993. The van der Waals surface area contributed by atoms with Crippen molar-refractivity contribution in [2.45, 2.75) is 62.7 Å². The van der Waals surface area contributed by atoms with Gasteiger partial charge >= 0.3 is 0 Å². The van der Waals surface area contributed by atoms with Gasteiger partial charge in [0.2, 0.25) is 5.91 Å². The molecule has 2 fully saturated rings. The van der Waals surface area contributed by atoms with Gasteiger partial charge in [-0.05, 0) is 75.9 Å². The van der Waals surface area contributed by atoms with Gasteiger partial charge in [0.25, 0.3) is 10.0 Å². The molecule has 4 rings (SSSR count). The lowest BCUT2D eigenvalue weighted by Gasteiger charge is -2.38. The molecule has 0 spiro atoms. The molecule has 160 valence electrons. The molecule has 2 saturated heterocycles. The molecule has 7 nitrogen and oxygen atoms in total. The number of hydrogen-bond donors (Lipinski definition) is 1. The molecule has 2 bridgehead atoms. The Labute approximate surface area is 177 Å². The Hall–Kier alpha value is -2.45. The van der Waals surface area contributed by atoms with E-state index in [2.05, 4.69) is 10.3 Å². The van der Waals surface area contributed by atoms with Crippen LogP contribution in [0.3, 0.4) is 0 Å². The number of nitrogens with zero attached hydrogens (tertiary/aromatic N) is 2. The van der Waals surface area contributed by atoms with Gasteiger partial charge in [-0.15, -0.1) is 0 Å². The van der Waals surface area contributed by atoms with Gasteiger partial charge in [0.1, 0.15) is 5.75 Å². The lowest BCUT2D eigenvalue weighted by molar-refractivity contribution is -0.122. The van der Waals surface area contributed by atoms with Crippen LogP contribution in [-0.4, -0.2) is 41.8 Å². The summed E-state index contributed by atoms with van der Waals surface area (Å²) in [6, 6.07) is 11.7. The number of sulfonamides is 1. The quantitative estimate of drug-likeness (QED) is 0.760. The minimum Gasteiger partial charge on any atom is -0.491 e. The molecular formula is C22H27N3O4S. The zero-order valence-corrected chi connectivity index (χ0v) is 18.0. The topological polar surface area (TPSA) is 88.6 Å². The molecule has 2 aliphatic rings. The predicted molar refractivity (Wildman–Crippen MR) is 114 cm³/mol. The summed E-state index contributed by atoms with van der Waals surface area (Å²) < 4.78 is 33.6. The first-order chi connectivity index (χ1) is 14.4. The van der Waals surface area contributed by atoms with E-state index >= 15 is 0 Å². The highest BCUT2D eigenvalue weighted by molar-refractivity contribution is 7.89. The third kappa shape index (κ3) is 4.06. The molecule has 1 N–H and O–H groups in total. The van der Waals surface area contributed by atoms with E-state index in [1.807, 2.05) is 26.0 Å². The van der Waals surface area contributed by atoms with Crippen LogP contribution in [0.4, 0.5) is 5.69 Å². The van der Waals surface area contributed by atoms with Gasteiger partial charge in [0, 0.05) is 24.0 Å². The second-order valence-corrected chi connectivity index (χ2v) is 9.96. The Morgan fingerprint density at radius 2 is 1.83 bits per heavy atom. The number of pyridine rings is 1. The van der Waals surface area contributed by atoms with Crippen molar-refractivity contribution in [3.8, 4) is 5.75 Å². The van der Waals surface area contributed by atoms with Gasteiger partial charge in [-0.3, -0.25) is 4.79 Å². The number of hydrogen-bond acceptors (Lipinski definition) is 5. The summed E-state index contributed by atoms with van der Waals surface area (Å²) in [4.78, 5) is 17.1. The van der Waals surface area contributed by atoms with Crippen molar-refractivity contribution in [2.24, 2.45) is 5.92 Å². The van der Waals surface area contributed by atoms with E-state index in [1.165, 1.54) is 12.3 Å². The Morgan fingerprint density at radius 1 is 1.10 bits per heavy atom. The summed E-state index contributed by atoms with van der Waals surface area (Å²) in [6.07, 6.45) is 4.40. The van der Waals surface area contributed by atoms with Crippen LogP contribution < -0.4 is 10.1 Å². The molecule has 3 unspecified atom stereocenters. The zero-order valence-electron chi connectivity index (χ0n) is 17.2. The summed E-state index contributed by atoms with van der Waals surface area (Å²) in [5.74, 6) is 0.222. The van der Waals surface area contributed by atoms with Crippen molar-refractivity contribution in [2.75, 3.05) is 5.32 Å². The largest absolute Gasteiger partial charge is 0.491 e.